The zero-order valence-electron chi connectivity index (χ0n) is 20.6. The quantitative estimate of drug-likeness (QED) is 0.510. The summed E-state index contributed by atoms with van der Waals surface area (Å²) in [5, 5.41) is 8.07. The van der Waals surface area contributed by atoms with Crippen molar-refractivity contribution in [3.63, 3.8) is 0 Å². The molecule has 11 heteroatoms. The molecule has 1 saturated carbocycles. The Morgan fingerprint density at radius 2 is 1.95 bits per heavy atom. The second kappa shape index (κ2) is 9.18. The maximum absolute atomic E-state index is 13.4. The summed E-state index contributed by atoms with van der Waals surface area (Å²) in [7, 11) is 0. The van der Waals surface area contributed by atoms with Crippen LogP contribution in [0.15, 0.2) is 30.5 Å². The van der Waals surface area contributed by atoms with Crippen LogP contribution in [0.25, 0.3) is 10.9 Å². The van der Waals surface area contributed by atoms with Crippen LogP contribution in [0.1, 0.15) is 37.8 Å². The van der Waals surface area contributed by atoms with Crippen LogP contribution in [0, 0.1) is 17.8 Å². The number of rotatable bonds is 5. The Morgan fingerprint density at radius 3 is 2.70 bits per heavy atom. The fourth-order valence-electron chi connectivity index (χ4n) is 5.50. The van der Waals surface area contributed by atoms with Gasteiger partial charge in [-0.15, -0.1) is 10.2 Å². The Hall–Kier alpha value is -3.37. The predicted molar refractivity (Wildman–Crippen MR) is 130 cm³/mol. The molecule has 37 heavy (non-hydrogen) atoms. The van der Waals surface area contributed by atoms with Gasteiger partial charge in [0.1, 0.15) is 5.75 Å². The molecule has 2 fully saturated rings. The first-order chi connectivity index (χ1) is 17.8. The Balaban J connectivity index is 1.13. The Labute approximate surface area is 212 Å². The smallest absolute Gasteiger partial charge is 0.451 e. The summed E-state index contributed by atoms with van der Waals surface area (Å²) in [5.41, 5.74) is 1.97. The number of aromatic nitrogens is 4. The van der Waals surface area contributed by atoms with E-state index in [2.05, 4.69) is 33.1 Å². The number of ether oxygens (including phenoxy) is 1. The minimum atomic E-state index is -4.55. The van der Waals surface area contributed by atoms with E-state index < -0.39 is 12.0 Å². The number of piperidine rings is 1. The van der Waals surface area contributed by atoms with Crippen molar-refractivity contribution in [1.29, 1.82) is 0 Å². The first-order valence-electron chi connectivity index (χ1n) is 12.8. The number of anilines is 1. The molecule has 0 N–H and O–H groups in total. The lowest BCUT2D eigenvalue weighted by atomic mass is 9.85. The van der Waals surface area contributed by atoms with Crippen LogP contribution in [-0.2, 0) is 24.1 Å². The zero-order valence-corrected chi connectivity index (χ0v) is 20.6. The molecule has 2 atom stereocenters. The highest BCUT2D eigenvalue weighted by Crippen LogP contribution is 2.35. The van der Waals surface area contributed by atoms with Crippen LogP contribution in [0.3, 0.4) is 0 Å². The van der Waals surface area contributed by atoms with Gasteiger partial charge in [-0.3, -0.25) is 9.78 Å². The van der Waals surface area contributed by atoms with Gasteiger partial charge < -0.3 is 19.1 Å². The molecular formula is C26H29F3N6O2. The maximum Gasteiger partial charge on any atom is 0.451 e. The number of halogens is 3. The monoisotopic (exact) mass is 514 g/mol. The lowest BCUT2D eigenvalue weighted by molar-refractivity contribution is -0.148. The van der Waals surface area contributed by atoms with Crippen molar-refractivity contribution >= 4 is 22.5 Å². The highest BCUT2D eigenvalue weighted by Gasteiger charge is 2.41. The Kier molecular flexibility index (Phi) is 5.95. The second-order valence-corrected chi connectivity index (χ2v) is 10.4. The van der Waals surface area contributed by atoms with Crippen LogP contribution in [0.2, 0.25) is 0 Å². The molecule has 0 radical (unpaired) electrons. The van der Waals surface area contributed by atoms with Gasteiger partial charge in [0.05, 0.1) is 18.7 Å². The molecule has 8 nitrogen and oxygen atoms in total. The average molecular weight is 515 g/mol. The molecule has 196 valence electrons. The number of alkyl halides is 3. The van der Waals surface area contributed by atoms with Gasteiger partial charge in [0, 0.05) is 55.4 Å². The number of hydrogen-bond acceptors (Lipinski definition) is 6. The van der Waals surface area contributed by atoms with Gasteiger partial charge in [0.2, 0.25) is 11.7 Å². The van der Waals surface area contributed by atoms with Gasteiger partial charge in [0.15, 0.2) is 5.82 Å². The van der Waals surface area contributed by atoms with Crippen molar-refractivity contribution in [2.24, 2.45) is 17.8 Å². The van der Waals surface area contributed by atoms with Gasteiger partial charge in [-0.2, -0.15) is 13.2 Å². The van der Waals surface area contributed by atoms with E-state index in [9.17, 15) is 18.0 Å². The summed E-state index contributed by atoms with van der Waals surface area (Å²) in [4.78, 5) is 21.9. The molecule has 4 heterocycles. The van der Waals surface area contributed by atoms with E-state index in [1.807, 2.05) is 24.4 Å². The normalized spacial score (nSPS) is 22.3. The molecule has 1 saturated heterocycles. The van der Waals surface area contributed by atoms with Crippen molar-refractivity contribution < 1.29 is 22.7 Å². The van der Waals surface area contributed by atoms with Crippen molar-refractivity contribution in [1.82, 2.24) is 24.6 Å². The van der Waals surface area contributed by atoms with Crippen LogP contribution in [-0.4, -0.2) is 56.8 Å². The van der Waals surface area contributed by atoms with E-state index in [0.717, 1.165) is 33.5 Å². The second-order valence-electron chi connectivity index (χ2n) is 10.4. The van der Waals surface area contributed by atoms with E-state index in [-0.39, 0.29) is 43.2 Å². The number of amides is 1. The lowest BCUT2D eigenvalue weighted by Crippen LogP contribution is -2.49. The van der Waals surface area contributed by atoms with E-state index in [1.165, 1.54) is 12.8 Å². The van der Waals surface area contributed by atoms with Crippen LogP contribution < -0.4 is 9.64 Å². The zero-order chi connectivity index (χ0) is 25.7. The third-order valence-electron chi connectivity index (χ3n) is 7.76. The number of benzene rings is 1. The summed E-state index contributed by atoms with van der Waals surface area (Å²) in [6.07, 6.45) is 0.407. The van der Waals surface area contributed by atoms with Gasteiger partial charge in [-0.1, -0.05) is 6.92 Å². The summed E-state index contributed by atoms with van der Waals surface area (Å²) in [6.45, 7) is 4.56. The summed E-state index contributed by atoms with van der Waals surface area (Å²) < 4.78 is 46.4. The number of carbonyl (C=O) groups excluding carboxylic acids is 1. The Bertz CT molecular complexity index is 1320. The van der Waals surface area contributed by atoms with Gasteiger partial charge in [-0.25, -0.2) is 0 Å². The van der Waals surface area contributed by atoms with Crippen molar-refractivity contribution in [3.05, 3.63) is 42.1 Å². The van der Waals surface area contributed by atoms with Crippen molar-refractivity contribution in [2.75, 3.05) is 31.1 Å². The van der Waals surface area contributed by atoms with Gasteiger partial charge in [-0.05, 0) is 49.3 Å². The van der Waals surface area contributed by atoms with Crippen molar-refractivity contribution in [3.8, 4) is 5.75 Å². The van der Waals surface area contributed by atoms with E-state index in [4.69, 9.17) is 4.74 Å². The van der Waals surface area contributed by atoms with Crippen LogP contribution in [0.5, 0.6) is 5.75 Å². The molecule has 3 aromatic rings. The lowest BCUT2D eigenvalue weighted by Gasteiger charge is -2.40. The molecular weight excluding hydrogens is 485 g/mol. The minimum Gasteiger partial charge on any atom is -0.493 e. The standard InChI is InChI=1S/C26H29F3N6O2/c1-16-13-33(22-6-8-30-21-12-18(4-5-20(21)22)37-15-17-2-3-17)9-7-19(16)24(36)34-10-11-35-23(14-34)31-32-25(35)26(27,28)29/h4-6,8,12,16-17,19H,2-3,7,9-11,13-15H2,1H3/t16-,19+/m1/s1. The predicted octanol–water partition coefficient (Wildman–Crippen LogP) is 4.14. The topological polar surface area (TPSA) is 76.4 Å². The molecule has 0 unspecified atom stereocenters. The van der Waals surface area contributed by atoms with Crippen LogP contribution >= 0.6 is 0 Å². The maximum atomic E-state index is 13.4. The molecule has 0 spiro atoms. The summed E-state index contributed by atoms with van der Waals surface area (Å²) >= 11 is 0. The third-order valence-corrected chi connectivity index (χ3v) is 7.76. The first-order valence-corrected chi connectivity index (χ1v) is 12.8. The first kappa shape index (κ1) is 24.0. The van der Waals surface area contributed by atoms with Gasteiger partial charge in [0.25, 0.3) is 0 Å². The van der Waals surface area contributed by atoms with E-state index in [1.54, 1.807) is 4.90 Å². The average Bonchev–Trinajstić information content (AvgIpc) is 3.61. The fourth-order valence-corrected chi connectivity index (χ4v) is 5.50. The molecule has 1 aromatic carbocycles. The molecule has 6 rings (SSSR count). The molecule has 2 aliphatic heterocycles. The SMILES string of the molecule is C[C@@H]1CN(c2ccnc3cc(OCC4CC4)ccc23)CC[C@@H]1C(=O)N1CCn2c(nnc2C(F)(F)F)C1. The number of carbonyl (C=O) groups is 1. The molecule has 1 amide bonds. The number of pyridine rings is 1. The molecule has 3 aliphatic rings. The molecule has 2 aromatic heterocycles. The Morgan fingerprint density at radius 1 is 1.11 bits per heavy atom. The largest absolute Gasteiger partial charge is 0.493 e. The van der Waals surface area contributed by atoms with Crippen molar-refractivity contribution in [2.45, 2.75) is 45.5 Å². The minimum absolute atomic E-state index is 0.0213. The number of hydrogen-bond donors (Lipinski definition) is 0. The highest BCUT2D eigenvalue weighted by molar-refractivity contribution is 5.92. The number of nitrogens with zero attached hydrogens (tertiary/aromatic N) is 6. The summed E-state index contributed by atoms with van der Waals surface area (Å²) in [5.74, 6) is 0.567. The third kappa shape index (κ3) is 4.71. The van der Waals surface area contributed by atoms with Gasteiger partial charge >= 0.3 is 6.18 Å². The van der Waals surface area contributed by atoms with Crippen LogP contribution in [0.4, 0.5) is 18.9 Å². The van der Waals surface area contributed by atoms with E-state index in [0.29, 0.717) is 25.4 Å². The van der Waals surface area contributed by atoms with E-state index >= 15 is 0 Å². The molecule has 0 bridgehead atoms. The highest BCUT2D eigenvalue weighted by atomic mass is 19.4. The fraction of sp³-hybridized carbons (Fsp3) is 0.538. The number of fused-ring (bicyclic) bond motifs is 2. The molecule has 1 aliphatic carbocycles. The summed E-state index contributed by atoms with van der Waals surface area (Å²) in [6, 6.07) is 8.05.